The SMILES string of the molecule is C=CCON=C(C(=O)N[C@@H]1C(=O)N2C(C(=O)[O-])=C(CSc3nc(-c4ccc(O)c(O)c4)cs3)CS[C@H]12)c1csc(N)n1.[Na+]. The van der Waals surface area contributed by atoms with Crippen molar-refractivity contribution in [1.29, 1.82) is 0 Å². The maximum atomic E-state index is 13.1. The van der Waals surface area contributed by atoms with Crippen LogP contribution in [-0.2, 0) is 19.2 Å². The zero-order valence-corrected chi connectivity index (χ0v) is 27.6. The summed E-state index contributed by atoms with van der Waals surface area (Å²) in [6.07, 6.45) is 1.44. The second-order valence-corrected chi connectivity index (χ2v) is 12.8. The van der Waals surface area contributed by atoms with E-state index in [9.17, 15) is 29.7 Å². The van der Waals surface area contributed by atoms with Crippen LogP contribution in [0, 0.1) is 0 Å². The monoisotopic (exact) mass is 668 g/mol. The van der Waals surface area contributed by atoms with Gasteiger partial charge in [-0.25, -0.2) is 9.97 Å². The first-order chi connectivity index (χ1) is 20.2. The first-order valence-corrected chi connectivity index (χ1v) is 15.8. The third-order valence-electron chi connectivity index (χ3n) is 5.98. The number of thioether (sulfide) groups is 2. The fourth-order valence-electron chi connectivity index (χ4n) is 4.04. The summed E-state index contributed by atoms with van der Waals surface area (Å²) < 4.78 is 0.642. The molecule has 1 fully saturated rings. The van der Waals surface area contributed by atoms with Crippen LogP contribution in [0.15, 0.2) is 62.4 Å². The van der Waals surface area contributed by atoms with E-state index in [1.807, 2.05) is 0 Å². The van der Waals surface area contributed by atoms with Crippen LogP contribution in [0.1, 0.15) is 5.69 Å². The number of nitrogens with two attached hydrogens (primary N) is 1. The molecule has 0 bridgehead atoms. The number of nitrogens with zero attached hydrogens (tertiary/aromatic N) is 4. The molecule has 218 valence electrons. The van der Waals surface area contributed by atoms with Crippen molar-refractivity contribution in [3.8, 4) is 22.8 Å². The van der Waals surface area contributed by atoms with Gasteiger partial charge in [-0.05, 0) is 23.8 Å². The van der Waals surface area contributed by atoms with Crippen molar-refractivity contribution in [2.24, 2.45) is 5.16 Å². The van der Waals surface area contributed by atoms with Crippen LogP contribution in [0.2, 0.25) is 0 Å². The number of fused-ring (bicyclic) bond motifs is 1. The number of nitrogens with one attached hydrogen (secondary N) is 1. The molecule has 0 aliphatic carbocycles. The average Bonchev–Trinajstić information content (AvgIpc) is 3.62. The van der Waals surface area contributed by atoms with Gasteiger partial charge < -0.3 is 36.0 Å². The molecule has 2 aliphatic rings. The van der Waals surface area contributed by atoms with Gasteiger partial charge in [-0.15, -0.1) is 34.4 Å². The Hall–Kier alpha value is -3.06. The molecule has 1 saturated heterocycles. The minimum absolute atomic E-state index is 0. The van der Waals surface area contributed by atoms with Crippen LogP contribution in [0.4, 0.5) is 5.13 Å². The summed E-state index contributed by atoms with van der Waals surface area (Å²) in [6.45, 7) is 3.56. The molecule has 4 heterocycles. The second-order valence-electron chi connectivity index (χ2n) is 8.69. The topological polar surface area (TPSA) is 203 Å². The number of aliphatic carboxylic acids is 1. The maximum Gasteiger partial charge on any atom is 1.00 e. The summed E-state index contributed by atoms with van der Waals surface area (Å²) in [7, 11) is 0. The Morgan fingerprint density at radius 3 is 2.74 bits per heavy atom. The van der Waals surface area contributed by atoms with Gasteiger partial charge >= 0.3 is 29.6 Å². The van der Waals surface area contributed by atoms with Crippen molar-refractivity contribution in [3.05, 3.63) is 58.6 Å². The largest absolute Gasteiger partial charge is 1.00 e. The third kappa shape index (κ3) is 7.03. The summed E-state index contributed by atoms with van der Waals surface area (Å²) in [6, 6.07) is 3.37. The van der Waals surface area contributed by atoms with Crippen LogP contribution < -0.4 is 45.7 Å². The number of benzene rings is 1. The number of phenolic OH excluding ortho intramolecular Hbond substituents is 2. The molecule has 1 aromatic carbocycles. The number of hydrogen-bond acceptors (Lipinski definition) is 15. The Bertz CT molecular complexity index is 1640. The van der Waals surface area contributed by atoms with Crippen molar-refractivity contribution in [2.45, 2.75) is 15.8 Å². The molecule has 0 spiro atoms. The fourth-order valence-corrected chi connectivity index (χ4v) is 7.90. The third-order valence-corrected chi connectivity index (χ3v) is 10.1. The van der Waals surface area contributed by atoms with Crippen LogP contribution in [0.5, 0.6) is 11.5 Å². The van der Waals surface area contributed by atoms with Crippen molar-refractivity contribution >= 4 is 74.8 Å². The van der Waals surface area contributed by atoms with Crippen molar-refractivity contribution in [2.75, 3.05) is 23.8 Å². The van der Waals surface area contributed by atoms with E-state index < -0.39 is 29.2 Å². The Kier molecular flexibility index (Phi) is 10.8. The van der Waals surface area contributed by atoms with E-state index in [0.717, 1.165) is 16.2 Å². The number of amides is 2. The number of aromatic nitrogens is 2. The fraction of sp³-hybridized carbons (Fsp3) is 0.200. The predicted molar refractivity (Wildman–Crippen MR) is 158 cm³/mol. The smallest absolute Gasteiger partial charge is 0.543 e. The molecular weight excluding hydrogens is 648 g/mol. The first kappa shape index (κ1) is 32.8. The van der Waals surface area contributed by atoms with E-state index in [0.29, 0.717) is 21.2 Å². The molecule has 18 heteroatoms. The van der Waals surface area contributed by atoms with Crippen LogP contribution in [0.25, 0.3) is 11.3 Å². The summed E-state index contributed by atoms with van der Waals surface area (Å²) in [5.41, 5.74) is 7.12. The molecule has 43 heavy (non-hydrogen) atoms. The van der Waals surface area contributed by atoms with Gasteiger partial charge in [-0.2, -0.15) is 0 Å². The molecule has 5 rings (SSSR count). The van der Waals surface area contributed by atoms with E-state index in [2.05, 4.69) is 27.0 Å². The minimum Gasteiger partial charge on any atom is -0.543 e. The second kappa shape index (κ2) is 14.1. The number of carbonyl (C=O) groups excluding carboxylic acids is 3. The van der Waals surface area contributed by atoms with Gasteiger partial charge in [-0.1, -0.05) is 29.6 Å². The maximum absolute atomic E-state index is 13.1. The quantitative estimate of drug-likeness (QED) is 0.0266. The number of aromatic hydroxyl groups is 2. The number of anilines is 1. The number of carboxylic acids is 1. The van der Waals surface area contributed by atoms with Gasteiger partial charge in [0.25, 0.3) is 11.8 Å². The Balaban J connectivity index is 0.00000423. The number of β-lactam (4-membered cyclic amide) rings is 1. The molecule has 2 aromatic heterocycles. The van der Waals surface area contributed by atoms with E-state index in [1.54, 1.807) is 11.4 Å². The standard InChI is InChI=1S/C25H22N6O7S4.Na/c1-2-5-38-30-17(14-10-40-24(26)27-14)20(34)29-18-21(35)31-19(23(36)37)12(7-39-22(18)31)8-41-25-28-13(9-42-25)11-3-4-15(32)16(33)6-11;/h2-4,6,9-10,18,22,32-33H,1,5,7-8H2,(H2,26,27)(H,29,34)(H,36,37);/q;+1/p-1/t18-,22-;/m1./s1. The predicted octanol–water partition coefficient (Wildman–Crippen LogP) is -1.63. The first-order valence-electron chi connectivity index (χ1n) is 12.0. The summed E-state index contributed by atoms with van der Waals surface area (Å²) in [5.74, 6) is -2.81. The Morgan fingerprint density at radius 2 is 2.07 bits per heavy atom. The Morgan fingerprint density at radius 1 is 1.28 bits per heavy atom. The van der Waals surface area contributed by atoms with Crippen molar-refractivity contribution in [1.82, 2.24) is 20.2 Å². The van der Waals surface area contributed by atoms with E-state index in [-0.39, 0.29) is 81.4 Å². The number of thiazole rings is 2. The number of hydrogen-bond donors (Lipinski definition) is 4. The van der Waals surface area contributed by atoms with Crippen LogP contribution in [-0.4, -0.2) is 78.1 Å². The molecular formula is C25H21N6NaO7S4. The molecule has 13 nitrogen and oxygen atoms in total. The number of phenols is 2. The van der Waals surface area contributed by atoms with Gasteiger partial charge in [0, 0.05) is 27.8 Å². The van der Waals surface area contributed by atoms with Gasteiger partial charge in [0.15, 0.2) is 26.7 Å². The van der Waals surface area contributed by atoms with E-state index in [1.165, 1.54) is 58.4 Å². The number of nitrogen functional groups attached to an aromatic ring is 1. The minimum atomic E-state index is -1.49. The van der Waals surface area contributed by atoms with Gasteiger partial charge in [0.1, 0.15) is 23.7 Å². The zero-order chi connectivity index (χ0) is 30.0. The zero-order valence-electron chi connectivity index (χ0n) is 22.4. The molecule has 2 amide bonds. The van der Waals surface area contributed by atoms with Crippen LogP contribution >= 0.6 is 46.2 Å². The summed E-state index contributed by atoms with van der Waals surface area (Å²) >= 11 is 5.04. The summed E-state index contributed by atoms with van der Waals surface area (Å²) in [5, 5.41) is 40.7. The molecule has 2 atom stereocenters. The van der Waals surface area contributed by atoms with Gasteiger partial charge in [0.2, 0.25) is 0 Å². The molecule has 5 N–H and O–H groups in total. The van der Waals surface area contributed by atoms with Crippen molar-refractivity contribution < 1.29 is 64.1 Å². The molecule has 3 aromatic rings. The molecule has 0 radical (unpaired) electrons. The number of oxime groups is 1. The molecule has 0 unspecified atom stereocenters. The van der Waals surface area contributed by atoms with Crippen molar-refractivity contribution in [3.63, 3.8) is 0 Å². The van der Waals surface area contributed by atoms with Gasteiger partial charge in [-0.3, -0.25) is 14.5 Å². The average molecular weight is 669 g/mol. The van der Waals surface area contributed by atoms with Crippen LogP contribution in [0.3, 0.4) is 0 Å². The molecule has 0 saturated carbocycles. The number of carboxylic acid groups (broad SMARTS) is 1. The Labute approximate surface area is 283 Å². The van der Waals surface area contributed by atoms with Gasteiger partial charge in [0.05, 0.1) is 17.4 Å². The van der Waals surface area contributed by atoms with E-state index in [4.69, 9.17) is 10.6 Å². The molecule has 2 aliphatic heterocycles. The number of rotatable bonds is 11. The normalized spacial score (nSPS) is 17.9. The van der Waals surface area contributed by atoms with E-state index >= 15 is 0 Å². The summed E-state index contributed by atoms with van der Waals surface area (Å²) in [4.78, 5) is 53.1. The number of carbonyl (C=O) groups is 3.